The quantitative estimate of drug-likeness (QED) is 0.603. The highest BCUT2D eigenvalue weighted by molar-refractivity contribution is 6.04. The largest absolute Gasteiger partial charge is 0.398 e. The molecule has 0 atom stereocenters. The summed E-state index contributed by atoms with van der Waals surface area (Å²) >= 11 is 0. The van der Waals surface area contributed by atoms with E-state index in [-0.39, 0.29) is 5.91 Å². The van der Waals surface area contributed by atoms with Gasteiger partial charge in [0, 0.05) is 34.7 Å². The van der Waals surface area contributed by atoms with E-state index < -0.39 is 0 Å². The third-order valence-corrected chi connectivity index (χ3v) is 5.29. The minimum Gasteiger partial charge on any atom is -0.398 e. The van der Waals surface area contributed by atoms with E-state index in [9.17, 15) is 4.79 Å². The van der Waals surface area contributed by atoms with Crippen molar-refractivity contribution in [3.63, 3.8) is 0 Å². The molecule has 2 aromatic rings. The molecule has 4 N–H and O–H groups in total. The molecule has 2 aromatic carbocycles. The van der Waals surface area contributed by atoms with Gasteiger partial charge in [-0.25, -0.2) is 0 Å². The number of benzene rings is 2. The molecular weight excluding hydrogens is 334 g/mol. The Kier molecular flexibility index (Phi) is 6.53. The van der Waals surface area contributed by atoms with Crippen molar-refractivity contribution in [2.45, 2.75) is 38.5 Å². The smallest absolute Gasteiger partial charge is 0.255 e. The normalized spacial score (nSPS) is 14.5. The molecule has 0 saturated heterocycles. The van der Waals surface area contributed by atoms with Crippen LogP contribution in [0.25, 0.3) is 5.70 Å². The fraction of sp³-hybridized carbons (Fsp3) is 0.348. The molecule has 0 unspecified atom stereocenters. The number of hydrogen-bond donors (Lipinski definition) is 3. The van der Waals surface area contributed by atoms with Crippen LogP contribution in [0.15, 0.2) is 55.1 Å². The van der Waals surface area contributed by atoms with Crippen LogP contribution in [0.5, 0.6) is 0 Å². The summed E-state index contributed by atoms with van der Waals surface area (Å²) in [6.45, 7) is 5.05. The van der Waals surface area contributed by atoms with E-state index in [1.54, 1.807) is 12.1 Å². The van der Waals surface area contributed by atoms with E-state index in [2.05, 4.69) is 17.2 Å². The summed E-state index contributed by atoms with van der Waals surface area (Å²) in [4.78, 5) is 12.3. The zero-order valence-corrected chi connectivity index (χ0v) is 15.8. The summed E-state index contributed by atoms with van der Waals surface area (Å²) in [5, 5.41) is 6.34. The Balaban J connectivity index is 1.58. The summed E-state index contributed by atoms with van der Waals surface area (Å²) in [5.41, 5.74) is 9.77. The van der Waals surface area contributed by atoms with Gasteiger partial charge in [0.15, 0.2) is 0 Å². The minimum atomic E-state index is -0.137. The van der Waals surface area contributed by atoms with Gasteiger partial charge in [-0.15, -0.1) is 0 Å². The molecule has 1 amide bonds. The number of carbonyl (C=O) groups excluding carboxylic acids is 1. The molecule has 1 aliphatic rings. The highest BCUT2D eigenvalue weighted by Crippen LogP contribution is 2.27. The van der Waals surface area contributed by atoms with Crippen molar-refractivity contribution in [1.82, 2.24) is 5.32 Å². The fourth-order valence-electron chi connectivity index (χ4n) is 3.69. The third-order valence-electron chi connectivity index (χ3n) is 5.29. The van der Waals surface area contributed by atoms with E-state index in [1.165, 1.54) is 38.5 Å². The Labute approximate surface area is 161 Å². The lowest BCUT2D eigenvalue weighted by Gasteiger charge is -2.22. The molecular formula is C23H29N3O. The summed E-state index contributed by atoms with van der Waals surface area (Å²) in [6, 6.07) is 14.7. The highest BCUT2D eigenvalue weighted by atomic mass is 16.1. The van der Waals surface area contributed by atoms with Gasteiger partial charge in [-0.3, -0.25) is 4.79 Å². The third kappa shape index (κ3) is 5.36. The molecule has 1 aliphatic carbocycles. The Bertz CT molecular complexity index is 779. The first-order chi connectivity index (χ1) is 13.1. The van der Waals surface area contributed by atoms with Crippen molar-refractivity contribution in [2.24, 2.45) is 5.92 Å². The second-order valence-electron chi connectivity index (χ2n) is 7.32. The lowest BCUT2D eigenvalue weighted by atomic mass is 9.87. The van der Waals surface area contributed by atoms with Gasteiger partial charge in [-0.2, -0.15) is 0 Å². The van der Waals surface area contributed by atoms with Crippen molar-refractivity contribution in [3.8, 4) is 0 Å². The Hall–Kier alpha value is -2.75. The fourth-order valence-corrected chi connectivity index (χ4v) is 3.69. The van der Waals surface area contributed by atoms with Gasteiger partial charge < -0.3 is 16.4 Å². The van der Waals surface area contributed by atoms with Gasteiger partial charge >= 0.3 is 0 Å². The van der Waals surface area contributed by atoms with Crippen LogP contribution < -0.4 is 16.4 Å². The van der Waals surface area contributed by atoms with Gasteiger partial charge in [0.05, 0.1) is 0 Å². The number of nitrogen functional groups attached to an aromatic ring is 1. The van der Waals surface area contributed by atoms with Crippen LogP contribution in [0.3, 0.4) is 0 Å². The number of amides is 1. The Morgan fingerprint density at radius 3 is 2.56 bits per heavy atom. The van der Waals surface area contributed by atoms with Gasteiger partial charge in [-0.05, 0) is 42.7 Å². The summed E-state index contributed by atoms with van der Waals surface area (Å²) in [7, 11) is 0. The van der Waals surface area contributed by atoms with Crippen LogP contribution >= 0.6 is 0 Å². The zero-order valence-electron chi connectivity index (χ0n) is 15.8. The number of carbonyl (C=O) groups is 1. The van der Waals surface area contributed by atoms with E-state index in [4.69, 9.17) is 5.73 Å². The topological polar surface area (TPSA) is 67.1 Å². The molecule has 142 valence electrons. The van der Waals surface area contributed by atoms with Crippen molar-refractivity contribution in [1.29, 1.82) is 0 Å². The van der Waals surface area contributed by atoms with Crippen LogP contribution in [0, 0.1) is 5.92 Å². The predicted molar refractivity (Wildman–Crippen MR) is 113 cm³/mol. The highest BCUT2D eigenvalue weighted by Gasteiger charge is 2.13. The average Bonchev–Trinajstić information content (AvgIpc) is 2.70. The van der Waals surface area contributed by atoms with Crippen LogP contribution in [0.4, 0.5) is 11.4 Å². The Morgan fingerprint density at radius 2 is 1.81 bits per heavy atom. The molecule has 3 rings (SSSR count). The number of anilines is 2. The van der Waals surface area contributed by atoms with Crippen molar-refractivity contribution in [3.05, 3.63) is 66.2 Å². The maximum Gasteiger partial charge on any atom is 0.255 e. The molecule has 1 fully saturated rings. The van der Waals surface area contributed by atoms with Gasteiger partial charge in [0.2, 0.25) is 0 Å². The van der Waals surface area contributed by atoms with Crippen molar-refractivity contribution in [2.75, 3.05) is 17.6 Å². The van der Waals surface area contributed by atoms with Crippen LogP contribution in [-0.2, 0) is 0 Å². The first-order valence-electron chi connectivity index (χ1n) is 9.82. The Morgan fingerprint density at radius 1 is 1.07 bits per heavy atom. The number of nitrogens with one attached hydrogen (secondary N) is 2. The van der Waals surface area contributed by atoms with E-state index in [1.807, 2.05) is 36.4 Å². The second kappa shape index (κ2) is 9.26. The lowest BCUT2D eigenvalue weighted by molar-refractivity contribution is 0.102. The number of rotatable bonds is 7. The van der Waals surface area contributed by atoms with E-state index in [0.717, 1.165) is 23.7 Å². The molecule has 27 heavy (non-hydrogen) atoms. The first-order valence-corrected chi connectivity index (χ1v) is 9.82. The SMILES string of the molecule is C=C(NCCC1CCCCC1)c1cc(NC(=O)c2ccccc2)ccc1N. The van der Waals surface area contributed by atoms with E-state index >= 15 is 0 Å². The maximum atomic E-state index is 12.3. The van der Waals surface area contributed by atoms with E-state index in [0.29, 0.717) is 16.9 Å². The number of hydrogen-bond acceptors (Lipinski definition) is 3. The maximum absolute atomic E-state index is 12.3. The average molecular weight is 364 g/mol. The predicted octanol–water partition coefficient (Wildman–Crippen LogP) is 5.05. The number of nitrogens with two attached hydrogens (primary N) is 1. The first kappa shape index (κ1) is 19.0. The van der Waals surface area contributed by atoms with Gasteiger partial charge in [0.1, 0.15) is 0 Å². The summed E-state index contributed by atoms with van der Waals surface area (Å²) < 4.78 is 0. The molecule has 0 spiro atoms. The molecule has 1 saturated carbocycles. The monoisotopic (exact) mass is 363 g/mol. The molecule has 0 aliphatic heterocycles. The van der Waals surface area contributed by atoms with Crippen molar-refractivity contribution < 1.29 is 4.79 Å². The minimum absolute atomic E-state index is 0.137. The summed E-state index contributed by atoms with van der Waals surface area (Å²) in [5.74, 6) is 0.690. The molecule has 0 heterocycles. The molecule has 0 bridgehead atoms. The van der Waals surface area contributed by atoms with Crippen LogP contribution in [0.2, 0.25) is 0 Å². The van der Waals surface area contributed by atoms with Crippen LogP contribution in [-0.4, -0.2) is 12.5 Å². The van der Waals surface area contributed by atoms with Gasteiger partial charge in [-0.1, -0.05) is 56.9 Å². The standard InChI is InChI=1S/C23H29N3O/c1-17(25-15-14-18-8-4-2-5-9-18)21-16-20(12-13-22(21)24)26-23(27)19-10-6-3-7-11-19/h3,6-7,10-13,16,18,25H,1-2,4-5,8-9,14-15,24H2,(H,26,27). The van der Waals surface area contributed by atoms with Crippen LogP contribution in [0.1, 0.15) is 54.4 Å². The molecule has 0 aromatic heterocycles. The lowest BCUT2D eigenvalue weighted by Crippen LogP contribution is -2.19. The molecule has 0 radical (unpaired) electrons. The van der Waals surface area contributed by atoms with Gasteiger partial charge in [0.25, 0.3) is 5.91 Å². The summed E-state index contributed by atoms with van der Waals surface area (Å²) in [6.07, 6.45) is 7.97. The second-order valence-corrected chi connectivity index (χ2v) is 7.32. The molecule has 4 nitrogen and oxygen atoms in total. The zero-order chi connectivity index (χ0) is 19.1. The molecule has 4 heteroatoms. The van der Waals surface area contributed by atoms with Crippen molar-refractivity contribution >= 4 is 23.0 Å².